The molecule has 3 N–H and O–H groups in total. The van der Waals surface area contributed by atoms with Crippen LogP contribution in [0.5, 0.6) is 5.75 Å². The number of aromatic amines is 2. The first kappa shape index (κ1) is 23.5. The Kier molecular flexibility index (Phi) is 6.53. The Labute approximate surface area is 195 Å². The van der Waals surface area contributed by atoms with E-state index < -0.39 is 29.3 Å². The topological polar surface area (TPSA) is 122 Å². The number of alkyl halides is 3. The van der Waals surface area contributed by atoms with Crippen molar-refractivity contribution in [3.8, 4) is 17.0 Å². The number of H-pyrrole nitrogens is 2. The minimum atomic E-state index is -4.96. The van der Waals surface area contributed by atoms with Crippen LogP contribution in [0.1, 0.15) is 21.6 Å². The van der Waals surface area contributed by atoms with Gasteiger partial charge in [0.15, 0.2) is 0 Å². The molecule has 0 saturated heterocycles. The van der Waals surface area contributed by atoms with Crippen LogP contribution in [0.15, 0.2) is 76.4 Å². The van der Waals surface area contributed by atoms with Crippen LogP contribution in [-0.4, -0.2) is 32.0 Å². The van der Waals surface area contributed by atoms with Crippen molar-refractivity contribution in [3.63, 3.8) is 0 Å². The maximum absolute atomic E-state index is 12.9. The summed E-state index contributed by atoms with van der Waals surface area (Å²) in [4.78, 5) is 39.7. The lowest BCUT2D eigenvalue weighted by molar-refractivity contribution is -0.274. The van der Waals surface area contributed by atoms with Gasteiger partial charge in [0.05, 0.1) is 12.2 Å². The summed E-state index contributed by atoms with van der Waals surface area (Å²) in [5, 5.41) is 8.80. The number of ether oxygens (including phenoxy) is 1. The molecular weight excluding hydrogens is 467 g/mol. The Morgan fingerprint density at radius 1 is 1.06 bits per heavy atom. The molecule has 2 aromatic carbocycles. The van der Waals surface area contributed by atoms with E-state index in [2.05, 4.69) is 25.2 Å². The fraction of sp³-hybridized carbons (Fsp3) is 0.130. The molecule has 180 valence electrons. The van der Waals surface area contributed by atoms with Crippen molar-refractivity contribution in [2.24, 2.45) is 0 Å². The van der Waals surface area contributed by atoms with Gasteiger partial charge in [-0.2, -0.15) is 5.10 Å². The standard InChI is InChI=1S/C23H18F3N5O4/c24-23(25,26)35-19-10-15(17-8-9-28-30-17)6-7-16(19)12-27-21(33)18-11-20(32)31(22(34)29-18)13-14-4-2-1-3-5-14/h1-11H,12-13H2,(H,27,33)(H,28,30)(H,29,34). The maximum Gasteiger partial charge on any atom is 0.573 e. The lowest BCUT2D eigenvalue weighted by Crippen LogP contribution is -2.38. The number of nitrogens with zero attached hydrogens (tertiary/aromatic N) is 2. The number of aromatic nitrogens is 4. The molecule has 9 nitrogen and oxygen atoms in total. The van der Waals surface area contributed by atoms with Crippen LogP contribution < -0.4 is 21.3 Å². The highest BCUT2D eigenvalue weighted by Gasteiger charge is 2.32. The number of benzene rings is 2. The van der Waals surface area contributed by atoms with Gasteiger partial charge in [-0.25, -0.2) is 4.79 Å². The first-order chi connectivity index (χ1) is 16.7. The number of nitrogens with one attached hydrogen (secondary N) is 3. The fourth-order valence-corrected chi connectivity index (χ4v) is 3.33. The molecule has 0 fully saturated rings. The fourth-order valence-electron chi connectivity index (χ4n) is 3.33. The predicted octanol–water partition coefficient (Wildman–Crippen LogP) is 2.80. The van der Waals surface area contributed by atoms with Gasteiger partial charge < -0.3 is 15.0 Å². The first-order valence-electron chi connectivity index (χ1n) is 10.2. The summed E-state index contributed by atoms with van der Waals surface area (Å²) >= 11 is 0. The van der Waals surface area contributed by atoms with E-state index in [4.69, 9.17) is 0 Å². The molecule has 0 aliphatic heterocycles. The molecule has 12 heteroatoms. The van der Waals surface area contributed by atoms with E-state index in [9.17, 15) is 27.6 Å². The molecule has 0 aliphatic carbocycles. The van der Waals surface area contributed by atoms with E-state index in [1.54, 1.807) is 36.4 Å². The molecule has 0 radical (unpaired) electrons. The second-order valence-electron chi connectivity index (χ2n) is 7.42. The Hall–Kier alpha value is -4.61. The van der Waals surface area contributed by atoms with Gasteiger partial charge in [0, 0.05) is 29.9 Å². The second kappa shape index (κ2) is 9.71. The molecular formula is C23H18F3N5O4. The molecule has 0 aliphatic rings. The highest BCUT2D eigenvalue weighted by Crippen LogP contribution is 2.30. The van der Waals surface area contributed by atoms with E-state index in [-0.39, 0.29) is 24.3 Å². The van der Waals surface area contributed by atoms with Crippen LogP contribution in [0.25, 0.3) is 11.3 Å². The smallest absolute Gasteiger partial charge is 0.405 e. The second-order valence-corrected chi connectivity index (χ2v) is 7.42. The van der Waals surface area contributed by atoms with Gasteiger partial charge in [0.1, 0.15) is 11.4 Å². The van der Waals surface area contributed by atoms with Gasteiger partial charge in [-0.05, 0) is 17.7 Å². The summed E-state index contributed by atoms with van der Waals surface area (Å²) in [6, 6.07) is 15.4. The van der Waals surface area contributed by atoms with Crippen LogP contribution in [0.2, 0.25) is 0 Å². The summed E-state index contributed by atoms with van der Waals surface area (Å²) in [6.07, 6.45) is -3.51. The minimum Gasteiger partial charge on any atom is -0.405 e. The number of halogens is 3. The van der Waals surface area contributed by atoms with E-state index in [0.29, 0.717) is 16.8 Å². The van der Waals surface area contributed by atoms with Crippen molar-refractivity contribution >= 4 is 5.91 Å². The van der Waals surface area contributed by atoms with Crippen LogP contribution in [0, 0.1) is 0 Å². The first-order valence-corrected chi connectivity index (χ1v) is 10.2. The number of carbonyl (C=O) groups excluding carboxylic acids is 1. The van der Waals surface area contributed by atoms with Crippen molar-refractivity contribution in [1.29, 1.82) is 0 Å². The molecule has 0 spiro atoms. The molecule has 4 rings (SSSR count). The monoisotopic (exact) mass is 485 g/mol. The van der Waals surface area contributed by atoms with Crippen LogP contribution in [0.3, 0.4) is 0 Å². The van der Waals surface area contributed by atoms with Gasteiger partial charge in [-0.3, -0.25) is 19.3 Å². The third kappa shape index (κ3) is 5.85. The van der Waals surface area contributed by atoms with Gasteiger partial charge >= 0.3 is 12.1 Å². The van der Waals surface area contributed by atoms with E-state index in [0.717, 1.165) is 16.7 Å². The zero-order chi connectivity index (χ0) is 25.0. The number of rotatable bonds is 7. The summed E-state index contributed by atoms with van der Waals surface area (Å²) in [5.74, 6) is -1.36. The van der Waals surface area contributed by atoms with Crippen LogP contribution >= 0.6 is 0 Å². The molecule has 2 aromatic heterocycles. The minimum absolute atomic E-state index is 0.0116. The van der Waals surface area contributed by atoms with E-state index in [1.807, 2.05) is 0 Å². The van der Waals surface area contributed by atoms with Gasteiger partial charge in [-0.1, -0.05) is 42.5 Å². The van der Waals surface area contributed by atoms with Crippen LogP contribution in [-0.2, 0) is 13.1 Å². The molecule has 35 heavy (non-hydrogen) atoms. The quantitative estimate of drug-likeness (QED) is 0.372. The number of hydrogen-bond acceptors (Lipinski definition) is 5. The van der Waals surface area contributed by atoms with Crippen LogP contribution in [0.4, 0.5) is 13.2 Å². The van der Waals surface area contributed by atoms with Crippen molar-refractivity contribution < 1.29 is 22.7 Å². The van der Waals surface area contributed by atoms with Crippen molar-refractivity contribution in [2.45, 2.75) is 19.5 Å². The van der Waals surface area contributed by atoms with E-state index in [1.165, 1.54) is 18.3 Å². The average Bonchev–Trinajstić information content (AvgIpc) is 3.35. The Bertz CT molecular complexity index is 1410. The Balaban J connectivity index is 1.53. The molecule has 2 heterocycles. The molecule has 0 saturated carbocycles. The lowest BCUT2D eigenvalue weighted by Gasteiger charge is -2.15. The van der Waals surface area contributed by atoms with Crippen molar-refractivity contribution in [3.05, 3.63) is 105 Å². The highest BCUT2D eigenvalue weighted by atomic mass is 19.4. The van der Waals surface area contributed by atoms with Crippen molar-refractivity contribution in [2.75, 3.05) is 0 Å². The molecule has 0 atom stereocenters. The third-order valence-corrected chi connectivity index (χ3v) is 4.99. The van der Waals surface area contributed by atoms with Crippen molar-refractivity contribution in [1.82, 2.24) is 25.1 Å². The molecule has 1 amide bonds. The maximum atomic E-state index is 12.9. The van der Waals surface area contributed by atoms with Gasteiger partial charge in [0.25, 0.3) is 11.5 Å². The summed E-state index contributed by atoms with van der Waals surface area (Å²) in [7, 11) is 0. The predicted molar refractivity (Wildman–Crippen MR) is 119 cm³/mol. The van der Waals surface area contributed by atoms with E-state index >= 15 is 0 Å². The SMILES string of the molecule is O=C(NCc1ccc(-c2ccn[nH]2)cc1OC(F)(F)F)c1cc(=O)n(Cc2ccccc2)c(=O)[nH]1. The normalized spacial score (nSPS) is 11.3. The summed E-state index contributed by atoms with van der Waals surface area (Å²) in [5.41, 5.74) is -0.211. The molecule has 0 unspecified atom stereocenters. The zero-order valence-electron chi connectivity index (χ0n) is 17.9. The molecule has 4 aromatic rings. The summed E-state index contributed by atoms with van der Waals surface area (Å²) in [6.45, 7) is -0.347. The molecule has 0 bridgehead atoms. The number of amides is 1. The van der Waals surface area contributed by atoms with Gasteiger partial charge in [-0.15, -0.1) is 13.2 Å². The third-order valence-electron chi connectivity index (χ3n) is 4.99. The lowest BCUT2D eigenvalue weighted by atomic mass is 10.1. The Morgan fingerprint density at radius 2 is 1.83 bits per heavy atom. The summed E-state index contributed by atoms with van der Waals surface area (Å²) < 4.78 is 43.9. The number of carbonyl (C=O) groups is 1. The highest BCUT2D eigenvalue weighted by molar-refractivity contribution is 5.92. The largest absolute Gasteiger partial charge is 0.573 e. The Morgan fingerprint density at radius 3 is 2.49 bits per heavy atom. The number of hydrogen-bond donors (Lipinski definition) is 3. The average molecular weight is 485 g/mol. The van der Waals surface area contributed by atoms with Gasteiger partial charge in [0.2, 0.25) is 0 Å². The zero-order valence-corrected chi connectivity index (χ0v) is 17.9.